The zero-order chi connectivity index (χ0) is 21.7. The van der Waals surface area contributed by atoms with Crippen molar-refractivity contribution in [3.8, 4) is 5.75 Å². The van der Waals surface area contributed by atoms with Crippen LogP contribution in [0.4, 0.5) is 5.00 Å². The van der Waals surface area contributed by atoms with E-state index in [9.17, 15) is 18.0 Å². The van der Waals surface area contributed by atoms with Crippen molar-refractivity contribution in [1.29, 1.82) is 0 Å². The van der Waals surface area contributed by atoms with Gasteiger partial charge in [-0.05, 0) is 55.5 Å². The number of amides is 1. The summed E-state index contributed by atoms with van der Waals surface area (Å²) in [4.78, 5) is 26.1. The summed E-state index contributed by atoms with van der Waals surface area (Å²) in [6.07, 6.45) is 4.57. The van der Waals surface area contributed by atoms with E-state index in [0.29, 0.717) is 16.3 Å². The normalized spacial score (nSPS) is 13.8. The van der Waals surface area contributed by atoms with E-state index >= 15 is 0 Å². The molecule has 30 heavy (non-hydrogen) atoms. The van der Waals surface area contributed by atoms with Gasteiger partial charge in [0.15, 0.2) is 9.84 Å². The Kier molecular flexibility index (Phi) is 7.14. The van der Waals surface area contributed by atoms with Gasteiger partial charge in [-0.3, -0.25) is 4.79 Å². The molecule has 0 saturated carbocycles. The van der Waals surface area contributed by atoms with Gasteiger partial charge in [-0.2, -0.15) is 0 Å². The number of aryl methyl sites for hydroxylation is 1. The van der Waals surface area contributed by atoms with E-state index in [1.54, 1.807) is 12.1 Å². The topological polar surface area (TPSA) is 98.8 Å². The van der Waals surface area contributed by atoms with E-state index in [1.807, 2.05) is 0 Å². The van der Waals surface area contributed by atoms with Gasteiger partial charge >= 0.3 is 5.97 Å². The van der Waals surface area contributed by atoms with Crippen molar-refractivity contribution in [3.05, 3.63) is 40.3 Å². The number of hydrogen-bond acceptors (Lipinski definition) is 7. The number of methoxy groups -OCH3 is 2. The minimum absolute atomic E-state index is 0.134. The van der Waals surface area contributed by atoms with Crippen LogP contribution in [0.1, 0.15) is 46.5 Å². The Balaban J connectivity index is 1.72. The average Bonchev–Trinajstić information content (AvgIpc) is 2.92. The summed E-state index contributed by atoms with van der Waals surface area (Å²) in [6.45, 7) is 0. The van der Waals surface area contributed by atoms with E-state index < -0.39 is 21.7 Å². The number of hydrogen-bond donors (Lipinski definition) is 1. The third-order valence-corrected chi connectivity index (χ3v) is 8.02. The molecule has 1 aromatic carbocycles. The monoisotopic (exact) mass is 451 g/mol. The third-order valence-electron chi connectivity index (χ3n) is 5.08. The van der Waals surface area contributed by atoms with Crippen LogP contribution in [0.5, 0.6) is 5.75 Å². The van der Waals surface area contributed by atoms with Gasteiger partial charge in [0.25, 0.3) is 0 Å². The second-order valence-electron chi connectivity index (χ2n) is 7.05. The molecule has 0 fully saturated rings. The molecule has 1 N–H and O–H groups in total. The number of fused-ring (bicyclic) bond motifs is 1. The van der Waals surface area contributed by atoms with Gasteiger partial charge in [0.2, 0.25) is 5.91 Å². The number of nitrogens with one attached hydrogen (secondary N) is 1. The Labute approximate surface area is 180 Å². The van der Waals surface area contributed by atoms with Crippen LogP contribution in [0.15, 0.2) is 29.2 Å². The van der Waals surface area contributed by atoms with Crippen molar-refractivity contribution in [2.75, 3.05) is 25.3 Å². The fraction of sp³-hybridized carbons (Fsp3) is 0.429. The number of rotatable bonds is 7. The minimum Gasteiger partial charge on any atom is -0.497 e. The molecule has 9 heteroatoms. The number of esters is 1. The lowest BCUT2D eigenvalue weighted by molar-refractivity contribution is -0.115. The van der Waals surface area contributed by atoms with Crippen LogP contribution in [-0.4, -0.2) is 40.3 Å². The summed E-state index contributed by atoms with van der Waals surface area (Å²) < 4.78 is 35.0. The molecule has 0 spiro atoms. The van der Waals surface area contributed by atoms with Gasteiger partial charge in [-0.15, -0.1) is 11.3 Å². The van der Waals surface area contributed by atoms with E-state index in [-0.39, 0.29) is 17.1 Å². The predicted molar refractivity (Wildman–Crippen MR) is 115 cm³/mol. The molecular weight excluding hydrogens is 426 g/mol. The summed E-state index contributed by atoms with van der Waals surface area (Å²) in [7, 11) is -0.799. The van der Waals surface area contributed by atoms with Crippen LogP contribution in [0.25, 0.3) is 0 Å². The van der Waals surface area contributed by atoms with Gasteiger partial charge in [0.05, 0.1) is 30.4 Å². The van der Waals surface area contributed by atoms with Crippen LogP contribution in [0.3, 0.4) is 0 Å². The number of benzene rings is 1. The first-order chi connectivity index (χ1) is 14.4. The SMILES string of the molecule is COC(=O)c1c(NC(=O)CCS(=O)(=O)c2ccc(OC)cc2)sc2c1CCCCC2. The van der Waals surface area contributed by atoms with Gasteiger partial charge < -0.3 is 14.8 Å². The zero-order valence-corrected chi connectivity index (χ0v) is 18.7. The Hall–Kier alpha value is -2.39. The average molecular weight is 452 g/mol. The highest BCUT2D eigenvalue weighted by Crippen LogP contribution is 2.38. The number of anilines is 1. The molecule has 0 bridgehead atoms. The molecule has 1 amide bonds. The summed E-state index contributed by atoms with van der Waals surface area (Å²) in [5, 5.41) is 3.18. The van der Waals surface area contributed by atoms with Gasteiger partial charge in [0, 0.05) is 11.3 Å². The Morgan fingerprint density at radius 1 is 1.07 bits per heavy atom. The summed E-state index contributed by atoms with van der Waals surface area (Å²) >= 11 is 1.39. The second-order valence-corrected chi connectivity index (χ2v) is 10.3. The molecule has 0 saturated heterocycles. The predicted octanol–water partition coefficient (Wildman–Crippen LogP) is 3.61. The lowest BCUT2D eigenvalue weighted by Crippen LogP contribution is -2.18. The molecule has 0 unspecified atom stereocenters. The van der Waals surface area contributed by atoms with E-state index in [0.717, 1.165) is 42.5 Å². The zero-order valence-electron chi connectivity index (χ0n) is 17.0. The van der Waals surface area contributed by atoms with Crippen molar-refractivity contribution in [1.82, 2.24) is 0 Å². The lowest BCUT2D eigenvalue weighted by Gasteiger charge is -2.08. The molecule has 0 radical (unpaired) electrons. The Morgan fingerprint density at radius 2 is 1.77 bits per heavy atom. The van der Waals surface area contributed by atoms with Crippen molar-refractivity contribution in [2.45, 2.75) is 43.4 Å². The molecule has 0 atom stereocenters. The molecule has 0 aliphatic heterocycles. The van der Waals surface area contributed by atoms with E-state index in [1.165, 1.54) is 37.7 Å². The summed E-state index contributed by atoms with van der Waals surface area (Å²) in [5.41, 5.74) is 1.36. The third kappa shape index (κ3) is 5.02. The number of thiophene rings is 1. The number of ether oxygens (including phenoxy) is 2. The quantitative estimate of drug-likeness (QED) is 0.510. The van der Waals surface area contributed by atoms with E-state index in [4.69, 9.17) is 9.47 Å². The Bertz CT molecular complexity index is 1020. The van der Waals surface area contributed by atoms with Crippen LogP contribution < -0.4 is 10.1 Å². The van der Waals surface area contributed by atoms with Crippen molar-refractivity contribution < 1.29 is 27.5 Å². The Morgan fingerprint density at radius 3 is 2.43 bits per heavy atom. The highest BCUT2D eigenvalue weighted by atomic mass is 32.2. The second kappa shape index (κ2) is 9.61. The highest BCUT2D eigenvalue weighted by Gasteiger charge is 2.26. The van der Waals surface area contributed by atoms with Crippen LogP contribution >= 0.6 is 11.3 Å². The molecule has 1 aliphatic rings. The van der Waals surface area contributed by atoms with Gasteiger partial charge in [-0.1, -0.05) is 6.42 Å². The smallest absolute Gasteiger partial charge is 0.341 e. The molecular formula is C21H25NO6S2. The maximum Gasteiger partial charge on any atom is 0.341 e. The maximum atomic E-state index is 12.5. The first kappa shape index (κ1) is 22.3. The molecule has 3 rings (SSSR count). The van der Waals surface area contributed by atoms with Crippen molar-refractivity contribution >= 4 is 38.1 Å². The highest BCUT2D eigenvalue weighted by molar-refractivity contribution is 7.91. The van der Waals surface area contributed by atoms with Crippen molar-refractivity contribution in [3.63, 3.8) is 0 Å². The van der Waals surface area contributed by atoms with Crippen LogP contribution in [-0.2, 0) is 32.2 Å². The standard InChI is InChI=1S/C21H25NO6S2/c1-27-14-8-10-15(11-9-14)30(25,26)13-12-18(23)22-20-19(21(24)28-2)16-6-4-3-5-7-17(16)29-20/h8-11H,3-7,12-13H2,1-2H3,(H,22,23). The molecule has 1 aromatic heterocycles. The lowest BCUT2D eigenvalue weighted by atomic mass is 10.1. The molecule has 1 aliphatic carbocycles. The number of carbonyl (C=O) groups is 2. The fourth-order valence-electron chi connectivity index (χ4n) is 3.47. The first-order valence-corrected chi connectivity index (χ1v) is 12.2. The number of carbonyl (C=O) groups excluding carboxylic acids is 2. The molecule has 7 nitrogen and oxygen atoms in total. The molecule has 1 heterocycles. The largest absolute Gasteiger partial charge is 0.497 e. The summed E-state index contributed by atoms with van der Waals surface area (Å²) in [6, 6.07) is 6.04. The molecule has 2 aromatic rings. The first-order valence-electron chi connectivity index (χ1n) is 9.75. The van der Waals surface area contributed by atoms with Crippen LogP contribution in [0, 0.1) is 0 Å². The number of sulfone groups is 1. The summed E-state index contributed by atoms with van der Waals surface area (Å²) in [5.74, 6) is -0.701. The van der Waals surface area contributed by atoms with E-state index in [2.05, 4.69) is 5.32 Å². The van der Waals surface area contributed by atoms with Crippen molar-refractivity contribution in [2.24, 2.45) is 0 Å². The maximum absolute atomic E-state index is 12.5. The molecule has 162 valence electrons. The minimum atomic E-state index is -3.62. The van der Waals surface area contributed by atoms with Gasteiger partial charge in [-0.25, -0.2) is 13.2 Å². The fourth-order valence-corrected chi connectivity index (χ4v) is 6.00. The van der Waals surface area contributed by atoms with Crippen LogP contribution in [0.2, 0.25) is 0 Å². The van der Waals surface area contributed by atoms with Gasteiger partial charge in [0.1, 0.15) is 10.8 Å².